The fraction of sp³-hybridized carbons (Fsp3) is 0.429. The van der Waals surface area contributed by atoms with E-state index in [0.717, 1.165) is 23.9 Å². The quantitative estimate of drug-likeness (QED) is 0.796. The molecule has 7 heteroatoms. The summed E-state index contributed by atoms with van der Waals surface area (Å²) in [7, 11) is 3.14. The van der Waals surface area contributed by atoms with E-state index in [9.17, 15) is 4.79 Å². The smallest absolute Gasteiger partial charge is 0.297 e. The number of carbonyl (C=O) groups is 1. The molecular formula is C14H18ClN3O3. The molecule has 0 bridgehead atoms. The van der Waals surface area contributed by atoms with Crippen molar-refractivity contribution in [2.75, 3.05) is 14.2 Å². The predicted octanol–water partition coefficient (Wildman–Crippen LogP) is 2.36. The number of hydrogen-bond acceptors (Lipinski definition) is 4. The second kappa shape index (κ2) is 6.67. The molecule has 0 unspecified atom stereocenters. The summed E-state index contributed by atoms with van der Waals surface area (Å²) in [6.07, 6.45) is 1.91. The number of fused-ring (bicyclic) bond motifs is 1. The molecule has 114 valence electrons. The average Bonchev–Trinajstić information content (AvgIpc) is 2.79. The number of nitrogens with zero attached hydrogens (tertiary/aromatic N) is 2. The molecule has 0 saturated heterocycles. The summed E-state index contributed by atoms with van der Waals surface area (Å²) in [5.41, 5.74) is 6.76. The molecular weight excluding hydrogens is 294 g/mol. The van der Waals surface area contributed by atoms with E-state index in [1.807, 2.05) is 10.6 Å². The van der Waals surface area contributed by atoms with Crippen LogP contribution in [0.4, 0.5) is 0 Å². The zero-order chi connectivity index (χ0) is 15.4. The third kappa shape index (κ3) is 3.39. The van der Waals surface area contributed by atoms with E-state index in [4.69, 9.17) is 26.8 Å². The summed E-state index contributed by atoms with van der Waals surface area (Å²) in [6, 6.07) is 4.09. The van der Waals surface area contributed by atoms with Gasteiger partial charge in [0, 0.05) is 19.0 Å². The fourth-order valence-corrected chi connectivity index (χ4v) is 2.44. The molecule has 0 aliphatic carbocycles. The van der Waals surface area contributed by atoms with Gasteiger partial charge in [-0.05, 0) is 18.9 Å². The Kier molecular flexibility index (Phi) is 4.90. The number of amides is 1. The first kappa shape index (κ1) is 15.4. The highest BCUT2D eigenvalue weighted by atomic mass is 35.5. The lowest BCUT2D eigenvalue weighted by molar-refractivity contribution is -0.118. The van der Waals surface area contributed by atoms with E-state index in [0.29, 0.717) is 29.7 Å². The number of nitrogens with two attached hydrogens (primary N) is 1. The van der Waals surface area contributed by atoms with Crippen LogP contribution < -0.4 is 15.2 Å². The van der Waals surface area contributed by atoms with Crippen LogP contribution in [-0.4, -0.2) is 29.7 Å². The van der Waals surface area contributed by atoms with E-state index in [-0.39, 0.29) is 5.91 Å². The minimum atomic E-state index is -0.286. The Morgan fingerprint density at radius 2 is 2.10 bits per heavy atom. The van der Waals surface area contributed by atoms with Crippen molar-refractivity contribution < 1.29 is 14.3 Å². The van der Waals surface area contributed by atoms with Gasteiger partial charge in [0.05, 0.1) is 30.3 Å². The molecule has 0 aliphatic heterocycles. The van der Waals surface area contributed by atoms with Crippen molar-refractivity contribution in [2.24, 2.45) is 5.73 Å². The zero-order valence-electron chi connectivity index (χ0n) is 12.1. The number of hydrogen-bond donors (Lipinski definition) is 1. The van der Waals surface area contributed by atoms with Gasteiger partial charge in [0.2, 0.25) is 5.91 Å². The van der Waals surface area contributed by atoms with Crippen LogP contribution in [0.1, 0.15) is 19.3 Å². The molecule has 6 nitrogen and oxygen atoms in total. The lowest BCUT2D eigenvalue weighted by Gasteiger charge is -2.08. The van der Waals surface area contributed by atoms with Gasteiger partial charge >= 0.3 is 0 Å². The number of carbonyl (C=O) groups excluding carboxylic acids is 1. The van der Waals surface area contributed by atoms with Gasteiger partial charge in [-0.2, -0.15) is 4.98 Å². The molecule has 2 rings (SSSR count). The van der Waals surface area contributed by atoms with Gasteiger partial charge in [0.15, 0.2) is 0 Å². The standard InChI is InChI=1S/C14H18ClN3O3/c1-20-12-8-11-10(7-9(12)15)17-14(21-2)18(11)6-4-3-5-13(16)19/h7-8H,3-6H2,1-2H3,(H2,16,19). The van der Waals surface area contributed by atoms with E-state index in [2.05, 4.69) is 4.98 Å². The maximum Gasteiger partial charge on any atom is 0.297 e. The number of primary amides is 1. The summed E-state index contributed by atoms with van der Waals surface area (Å²) in [5.74, 6) is 0.302. The molecule has 0 saturated carbocycles. The normalized spacial score (nSPS) is 10.8. The fourth-order valence-electron chi connectivity index (χ4n) is 2.20. The molecule has 21 heavy (non-hydrogen) atoms. The maximum absolute atomic E-state index is 10.8. The predicted molar refractivity (Wildman–Crippen MR) is 80.9 cm³/mol. The molecule has 0 atom stereocenters. The third-order valence-electron chi connectivity index (χ3n) is 3.22. The molecule has 2 aromatic rings. The van der Waals surface area contributed by atoms with E-state index < -0.39 is 0 Å². The van der Waals surface area contributed by atoms with Crippen LogP contribution in [0.25, 0.3) is 11.0 Å². The van der Waals surface area contributed by atoms with Crippen molar-refractivity contribution in [3.8, 4) is 11.8 Å². The van der Waals surface area contributed by atoms with Crippen molar-refractivity contribution in [1.29, 1.82) is 0 Å². The van der Waals surface area contributed by atoms with E-state index in [1.165, 1.54) is 0 Å². The lowest BCUT2D eigenvalue weighted by atomic mass is 10.2. The molecule has 0 fully saturated rings. The van der Waals surface area contributed by atoms with Crippen molar-refractivity contribution in [3.05, 3.63) is 17.2 Å². The molecule has 1 amide bonds. The number of methoxy groups -OCH3 is 2. The summed E-state index contributed by atoms with van der Waals surface area (Å²) >= 11 is 6.10. The monoisotopic (exact) mass is 311 g/mol. The average molecular weight is 312 g/mol. The molecule has 0 radical (unpaired) electrons. The maximum atomic E-state index is 10.8. The van der Waals surface area contributed by atoms with Crippen LogP contribution in [0.2, 0.25) is 5.02 Å². The van der Waals surface area contributed by atoms with Gasteiger partial charge < -0.3 is 15.2 Å². The first-order chi connectivity index (χ1) is 10.1. The van der Waals surface area contributed by atoms with Gasteiger partial charge in [-0.15, -0.1) is 0 Å². The number of halogens is 1. The van der Waals surface area contributed by atoms with E-state index in [1.54, 1.807) is 20.3 Å². The minimum Gasteiger partial charge on any atom is -0.495 e. The largest absolute Gasteiger partial charge is 0.495 e. The SMILES string of the molecule is COc1cc2c(cc1Cl)nc(OC)n2CCCCC(N)=O. The Morgan fingerprint density at radius 3 is 2.71 bits per heavy atom. The third-order valence-corrected chi connectivity index (χ3v) is 3.52. The Labute approximate surface area is 127 Å². The van der Waals surface area contributed by atoms with Gasteiger partial charge in [-0.1, -0.05) is 11.6 Å². The van der Waals surface area contributed by atoms with Crippen LogP contribution in [0.5, 0.6) is 11.8 Å². The molecule has 2 N–H and O–H groups in total. The lowest BCUT2D eigenvalue weighted by Crippen LogP contribution is -2.10. The van der Waals surface area contributed by atoms with Crippen LogP contribution in [0.15, 0.2) is 12.1 Å². The van der Waals surface area contributed by atoms with E-state index >= 15 is 0 Å². The van der Waals surface area contributed by atoms with Crippen LogP contribution in [-0.2, 0) is 11.3 Å². The highest BCUT2D eigenvalue weighted by Gasteiger charge is 2.14. The van der Waals surface area contributed by atoms with Crippen LogP contribution in [0, 0.1) is 0 Å². The topological polar surface area (TPSA) is 79.4 Å². The van der Waals surface area contributed by atoms with Crippen molar-refractivity contribution in [3.63, 3.8) is 0 Å². The number of aromatic nitrogens is 2. The van der Waals surface area contributed by atoms with Gasteiger partial charge in [-0.3, -0.25) is 9.36 Å². The van der Waals surface area contributed by atoms with Crippen LogP contribution in [0.3, 0.4) is 0 Å². The first-order valence-corrected chi connectivity index (χ1v) is 7.00. The summed E-state index contributed by atoms with van der Waals surface area (Å²) in [4.78, 5) is 15.2. The van der Waals surface area contributed by atoms with Gasteiger partial charge in [0.25, 0.3) is 6.01 Å². The summed E-state index contributed by atoms with van der Waals surface area (Å²) < 4.78 is 12.5. The molecule has 1 aromatic heterocycles. The van der Waals surface area contributed by atoms with Gasteiger partial charge in [-0.25, -0.2) is 0 Å². The molecule has 0 spiro atoms. The molecule has 1 aromatic carbocycles. The minimum absolute atomic E-state index is 0.286. The number of imidazole rings is 1. The number of aryl methyl sites for hydroxylation is 1. The first-order valence-electron chi connectivity index (χ1n) is 6.63. The molecule has 1 heterocycles. The Bertz CT molecular complexity index is 654. The highest BCUT2D eigenvalue weighted by Crippen LogP contribution is 2.32. The zero-order valence-corrected chi connectivity index (χ0v) is 12.8. The summed E-state index contributed by atoms with van der Waals surface area (Å²) in [5, 5.41) is 0.506. The van der Waals surface area contributed by atoms with Crippen molar-refractivity contribution in [2.45, 2.75) is 25.8 Å². The van der Waals surface area contributed by atoms with Crippen molar-refractivity contribution >= 4 is 28.5 Å². The number of rotatable bonds is 7. The number of unbranched alkanes of at least 4 members (excludes halogenated alkanes) is 1. The second-order valence-electron chi connectivity index (χ2n) is 4.65. The Hall–Kier alpha value is -1.95. The number of benzene rings is 1. The number of ether oxygens (including phenoxy) is 2. The van der Waals surface area contributed by atoms with Crippen molar-refractivity contribution in [1.82, 2.24) is 9.55 Å². The highest BCUT2D eigenvalue weighted by molar-refractivity contribution is 6.32. The van der Waals surface area contributed by atoms with Crippen LogP contribution >= 0.6 is 11.6 Å². The van der Waals surface area contributed by atoms with Gasteiger partial charge in [0.1, 0.15) is 5.75 Å². The molecule has 0 aliphatic rings. The second-order valence-corrected chi connectivity index (χ2v) is 5.06. The summed E-state index contributed by atoms with van der Waals surface area (Å²) in [6.45, 7) is 0.678. The Balaban J connectivity index is 2.29. The Morgan fingerprint density at radius 1 is 1.33 bits per heavy atom.